The van der Waals surface area contributed by atoms with Crippen LogP contribution in [0.1, 0.15) is 114 Å². The van der Waals surface area contributed by atoms with Gasteiger partial charge >= 0.3 is 0 Å². The topological polar surface area (TPSA) is 201 Å². The van der Waals surface area contributed by atoms with Crippen LogP contribution in [-0.4, -0.2) is 97.0 Å². The van der Waals surface area contributed by atoms with Crippen LogP contribution in [0, 0.1) is 92.2 Å². The van der Waals surface area contributed by atoms with E-state index in [0.717, 1.165) is 78.2 Å². The van der Waals surface area contributed by atoms with Gasteiger partial charge in [-0.3, -0.25) is 8.80 Å². The summed E-state index contributed by atoms with van der Waals surface area (Å²) in [7, 11) is 0. The van der Waals surface area contributed by atoms with Gasteiger partial charge < -0.3 is 25.4 Å². The summed E-state index contributed by atoms with van der Waals surface area (Å²) < 4.78 is 76.7. The summed E-state index contributed by atoms with van der Waals surface area (Å²) in [6.45, 7) is 21.1. The molecule has 1 aliphatic heterocycles. The van der Waals surface area contributed by atoms with Crippen molar-refractivity contribution in [1.29, 1.82) is 0 Å². The minimum absolute atomic E-state index is 0.0594. The van der Waals surface area contributed by atoms with Crippen molar-refractivity contribution >= 4 is 232 Å². The molecule has 0 spiro atoms. The Bertz CT molecular complexity index is 6990. The van der Waals surface area contributed by atoms with Gasteiger partial charge in [-0.15, -0.1) is 32.7 Å². The van der Waals surface area contributed by atoms with Gasteiger partial charge in [-0.2, -0.15) is 20.1 Å². The Labute approximate surface area is 814 Å². The molecule has 0 radical (unpaired) electrons. The van der Waals surface area contributed by atoms with Crippen molar-refractivity contribution in [2.24, 2.45) is 26.8 Å². The van der Waals surface area contributed by atoms with Gasteiger partial charge in [-0.1, -0.05) is 79.3 Å². The highest BCUT2D eigenvalue weighted by atomic mass is 127. The van der Waals surface area contributed by atoms with Crippen molar-refractivity contribution in [2.45, 2.75) is 107 Å². The molecule has 0 atom stereocenters. The molecule has 0 bridgehead atoms. The zero-order chi connectivity index (χ0) is 92.0. The van der Waals surface area contributed by atoms with Gasteiger partial charge in [0.15, 0.2) is 5.84 Å². The van der Waals surface area contributed by atoms with E-state index in [1.165, 1.54) is 114 Å². The maximum Gasteiger partial charge on any atom is 0.257 e. The molecule has 0 unspecified atom stereocenters. The maximum atomic E-state index is 14.2. The minimum atomic E-state index is -0.375. The number of anilines is 7. The van der Waals surface area contributed by atoms with Crippen molar-refractivity contribution in [3.63, 3.8) is 0 Å². The van der Waals surface area contributed by atoms with Crippen LogP contribution < -0.4 is 25.4 Å². The first kappa shape index (κ1) is 96.0. The Balaban J connectivity index is 0.000000134. The summed E-state index contributed by atoms with van der Waals surface area (Å²) >= 11 is 26.5. The van der Waals surface area contributed by atoms with Gasteiger partial charge in [0, 0.05) is 113 Å². The highest BCUT2D eigenvalue weighted by molar-refractivity contribution is 14.1. The summed E-state index contributed by atoms with van der Waals surface area (Å²) in [6.07, 6.45) is 12.9. The van der Waals surface area contributed by atoms with Gasteiger partial charge in [-0.25, -0.2) is 41.9 Å². The molecule has 2 N–H and O–H groups in total. The number of hydrazone groups is 1. The van der Waals surface area contributed by atoms with Crippen LogP contribution in [-0.2, 0) is 12.8 Å². The Kier molecular flexibility index (Phi) is 32.3. The molecular weight excluding hydrogens is 2150 g/mol. The quantitative estimate of drug-likeness (QED) is 0.0217. The van der Waals surface area contributed by atoms with E-state index in [4.69, 9.17) is 52.1 Å². The normalized spacial score (nSPS) is 13.2. The van der Waals surface area contributed by atoms with E-state index in [-0.39, 0.29) is 50.2 Å². The number of benzene rings is 10. The van der Waals surface area contributed by atoms with Gasteiger partial charge in [0.05, 0.1) is 22.1 Å². The fourth-order valence-electron chi connectivity index (χ4n) is 14.1. The predicted octanol–water partition coefficient (Wildman–Crippen LogP) is 26.0. The zero-order valence-corrected chi connectivity index (χ0v) is 82.6. The molecule has 19 rings (SSSR count). The van der Waals surface area contributed by atoms with Crippen molar-refractivity contribution in [3.05, 3.63) is 305 Å². The molecule has 6 aromatic heterocycles. The van der Waals surface area contributed by atoms with Crippen LogP contribution in [0.4, 0.5) is 62.2 Å². The SMILES string of the molecule is C#CC1(C)CC1.CCCc1cccc(I)c1.CCN(C1=N/C(=N/N)Cc2ccc(F)cc21)c1cccc(I)c1.CCN(c1cccc(C#CC2(C)CC2)c1)c1nc2nnc(C)n2c2ccc(F)cc12.CCN(c1cccc(I)c1)c1nc(Cl)nc2ccc(F)cc12.CCN(c1cccc(I)c1)c1nc2nnc(C)n2c2ccc(F)cc12.Fc1ccc2nc(Cl)nc(Cl)c2c1. The third kappa shape index (κ3) is 24.2. The number of amidine groups is 2. The van der Waals surface area contributed by atoms with Crippen LogP contribution in [0.2, 0.25) is 15.7 Å². The second-order valence-corrected chi connectivity index (χ2v) is 36.7. The lowest BCUT2D eigenvalue weighted by Gasteiger charge is -2.29. The van der Waals surface area contributed by atoms with Crippen LogP contribution in [0.25, 0.3) is 55.2 Å². The summed E-state index contributed by atoms with van der Waals surface area (Å²) in [5, 5.41) is 23.3. The average molecular weight is 2240 g/mol. The molecule has 2 aliphatic carbocycles. The van der Waals surface area contributed by atoms with E-state index in [2.05, 4.69) is 243 Å². The number of rotatable bonds is 13. The van der Waals surface area contributed by atoms with Gasteiger partial charge in [0.1, 0.15) is 69.2 Å². The van der Waals surface area contributed by atoms with E-state index < -0.39 is 0 Å². The highest BCUT2D eigenvalue weighted by Gasteiger charge is 2.36. The first-order valence-electron chi connectivity index (χ1n) is 41.4. The number of hydrogen-bond donors (Lipinski definition) is 1. The van der Waals surface area contributed by atoms with E-state index in [1.54, 1.807) is 24.3 Å². The average Bonchev–Trinajstić information content (AvgIpc) is 1.63. The molecule has 19 nitrogen and oxygen atoms in total. The van der Waals surface area contributed by atoms with E-state index >= 15 is 0 Å². The molecule has 16 aromatic rings. The molecule has 10 aromatic carbocycles. The summed E-state index contributed by atoms with van der Waals surface area (Å²) in [4.78, 5) is 38.2. The van der Waals surface area contributed by atoms with Gasteiger partial charge in [0.2, 0.25) is 10.6 Å². The lowest BCUT2D eigenvalue weighted by atomic mass is 9.99. The van der Waals surface area contributed by atoms with E-state index in [9.17, 15) is 22.0 Å². The Morgan fingerprint density at radius 3 is 1.33 bits per heavy atom. The number of terminal acetylenes is 1. The van der Waals surface area contributed by atoms with Gasteiger partial charge in [-0.05, 0) is 382 Å². The van der Waals surface area contributed by atoms with Crippen LogP contribution >= 0.6 is 125 Å². The third-order valence-electron chi connectivity index (χ3n) is 21.2. The first-order valence-corrected chi connectivity index (χ1v) is 46.9. The van der Waals surface area contributed by atoms with Crippen molar-refractivity contribution in [3.8, 4) is 24.2 Å². The number of aryl methyl sites for hydroxylation is 3. The zero-order valence-electron chi connectivity index (χ0n) is 71.7. The van der Waals surface area contributed by atoms with E-state index in [0.29, 0.717) is 106 Å². The number of nitrogens with two attached hydrogens (primary N) is 1. The summed E-state index contributed by atoms with van der Waals surface area (Å²) in [5.74, 6) is 18.9. The lowest BCUT2D eigenvalue weighted by Crippen LogP contribution is -2.35. The Hall–Kier alpha value is -10.6. The smallest absolute Gasteiger partial charge is 0.257 e. The third-order valence-corrected chi connectivity index (χ3v) is 24.5. The summed E-state index contributed by atoms with van der Waals surface area (Å²) in [5.41, 5.74) is 11.5. The molecule has 31 heteroatoms. The van der Waals surface area contributed by atoms with E-state index in [1.807, 2.05) is 132 Å². The number of aliphatic imine (C=N–C) groups is 1. The monoisotopic (exact) mass is 2240 g/mol. The molecule has 2 fully saturated rings. The Morgan fingerprint density at radius 2 is 0.876 bits per heavy atom. The largest absolute Gasteiger partial charge is 0.326 e. The number of hydrogen-bond acceptors (Lipinski definition) is 16. The van der Waals surface area contributed by atoms with Crippen molar-refractivity contribution < 1.29 is 22.0 Å². The summed E-state index contributed by atoms with van der Waals surface area (Å²) in [6, 6.07) is 63.8. The fraction of sp³-hybridized carbons (Fsp3) is 0.224. The fourth-order valence-corrected chi connectivity index (χ4v) is 16.9. The number of halogens is 12. The standard InChI is InChI=1S/C24H22FN5.C18H15FIN5.C17H16FIN4.C16H12ClFIN3.C9H11I.C8H3Cl2FN2.C6H8/c1-4-29(19-7-5-6-17(14-19)10-11-24(3)12-13-24)22-20-15-18(25)8-9-21(20)30-16(2)27-28-23(30)26-22;1-3-24(14-6-4-5-13(20)10-14)17-15-9-12(19)7-8-16(15)25-11(2)22-23-18(25)21-17;1-2-23(14-5-3-4-13(19)10-14)17-15-9-12(18)7-6-11(15)8-16(21-17)22-20;1-2-22(12-5-3-4-11(19)9-12)15-13-8-10(18)6-7-14(13)20-16(17)21-15;1-2-4-8-5-3-6-9(10)7-8;9-7-5-3-4(11)1-2-6(5)12-8(10)13-7;1-3-6(2)4-5-6/h5-9,14-15H,4,12-13H2,1-3H3;4-10H,3H2,1-2H3;3-7,9-10H,2,8,20H2,1H3;3-9H,2H2,1H3;3,5-7H,2,4H2,1H3;1-3H;1H,4-5H2,2H3/b;;22-16+;;;;. The molecular formula is C98H87Cl3F5I4N19. The maximum absolute atomic E-state index is 14.2. The highest BCUT2D eigenvalue weighted by Crippen LogP contribution is 2.45. The number of fused-ring (bicyclic) bond motifs is 9. The molecule has 2 saturated carbocycles. The predicted molar refractivity (Wildman–Crippen MR) is 547 cm³/mol. The number of aromatic nitrogens is 12. The minimum Gasteiger partial charge on any atom is -0.326 e. The van der Waals surface area contributed by atoms with Crippen LogP contribution in [0.3, 0.4) is 0 Å². The van der Waals surface area contributed by atoms with Crippen molar-refractivity contribution in [2.75, 3.05) is 45.8 Å². The molecule has 0 amide bonds. The molecule has 3 aliphatic rings. The molecule has 0 saturated heterocycles. The molecule has 658 valence electrons. The second-order valence-electron chi connectivity index (χ2n) is 30.7. The van der Waals surface area contributed by atoms with Crippen molar-refractivity contribution in [1.82, 2.24) is 59.1 Å². The second kappa shape index (κ2) is 43.4. The molecule has 129 heavy (non-hydrogen) atoms. The van der Waals surface area contributed by atoms with Crippen LogP contribution in [0.15, 0.2) is 222 Å². The Morgan fingerprint density at radius 1 is 0.457 bits per heavy atom. The number of nitrogens with zero attached hydrogens (tertiary/aromatic N) is 18. The first-order chi connectivity index (χ1) is 62.0. The molecule has 7 heterocycles. The van der Waals surface area contributed by atoms with Crippen LogP contribution in [0.5, 0.6) is 0 Å². The van der Waals surface area contributed by atoms with Gasteiger partial charge in [0.25, 0.3) is 11.6 Å². The lowest BCUT2D eigenvalue weighted by molar-refractivity contribution is 0.626.